The molecule has 0 amide bonds. The standard InChI is InChI=1S/C27H23Br2N3O5/c1-3-24-31-22-10-9-19(28)13-20(22)26(33)32(24)30-14-17-11-21(29)25(23(12-17)36-4-2)37-15-16-5-7-18(8-6-16)27(34)35/h5-14H,3-4,15H2,1-2H3,(H,34,35). The highest BCUT2D eigenvalue weighted by atomic mass is 79.9. The number of ether oxygens (including phenoxy) is 2. The van der Waals surface area contributed by atoms with Gasteiger partial charge in [-0.3, -0.25) is 4.79 Å². The monoisotopic (exact) mass is 627 g/mol. The van der Waals surface area contributed by atoms with E-state index in [4.69, 9.17) is 14.6 Å². The van der Waals surface area contributed by atoms with Crippen molar-refractivity contribution < 1.29 is 19.4 Å². The Kier molecular flexibility index (Phi) is 8.40. The number of hydrogen-bond donors (Lipinski definition) is 1. The average Bonchev–Trinajstić information content (AvgIpc) is 2.88. The fourth-order valence-electron chi connectivity index (χ4n) is 3.63. The molecule has 1 N–H and O–H groups in total. The number of carboxylic acids is 1. The van der Waals surface area contributed by atoms with Gasteiger partial charge in [-0.2, -0.15) is 9.78 Å². The molecule has 4 rings (SSSR count). The van der Waals surface area contributed by atoms with E-state index in [1.165, 1.54) is 16.8 Å². The molecule has 10 heteroatoms. The second kappa shape index (κ2) is 11.7. The molecule has 0 fully saturated rings. The molecule has 0 atom stereocenters. The molecule has 0 saturated heterocycles. The first-order valence-electron chi connectivity index (χ1n) is 11.5. The number of hydrogen-bond acceptors (Lipinski definition) is 6. The number of benzene rings is 3. The van der Waals surface area contributed by atoms with Crippen LogP contribution in [0.25, 0.3) is 10.9 Å². The lowest BCUT2D eigenvalue weighted by Gasteiger charge is -2.15. The van der Waals surface area contributed by atoms with Gasteiger partial charge in [-0.05, 0) is 76.4 Å². The Bertz CT molecular complexity index is 1550. The lowest BCUT2D eigenvalue weighted by Crippen LogP contribution is -2.22. The Balaban J connectivity index is 1.64. The van der Waals surface area contributed by atoms with E-state index in [9.17, 15) is 9.59 Å². The van der Waals surface area contributed by atoms with Crippen LogP contribution in [0.15, 0.2) is 73.4 Å². The van der Waals surface area contributed by atoms with E-state index in [1.807, 2.05) is 26.0 Å². The number of aromatic carboxylic acids is 1. The molecular weight excluding hydrogens is 606 g/mol. The van der Waals surface area contributed by atoms with E-state index in [2.05, 4.69) is 41.9 Å². The van der Waals surface area contributed by atoms with Crippen LogP contribution < -0.4 is 15.0 Å². The van der Waals surface area contributed by atoms with Crippen molar-refractivity contribution in [2.24, 2.45) is 5.10 Å². The van der Waals surface area contributed by atoms with Gasteiger partial charge < -0.3 is 14.6 Å². The second-order valence-electron chi connectivity index (χ2n) is 7.96. The zero-order valence-corrected chi connectivity index (χ0v) is 23.2. The summed E-state index contributed by atoms with van der Waals surface area (Å²) in [4.78, 5) is 28.8. The largest absolute Gasteiger partial charge is 0.490 e. The molecule has 1 heterocycles. The van der Waals surface area contributed by atoms with Gasteiger partial charge in [0, 0.05) is 10.9 Å². The van der Waals surface area contributed by atoms with Crippen LogP contribution in [0.2, 0.25) is 0 Å². The van der Waals surface area contributed by atoms with Crippen molar-refractivity contribution >= 4 is 54.9 Å². The van der Waals surface area contributed by atoms with E-state index in [0.29, 0.717) is 51.3 Å². The number of carbonyl (C=O) groups is 1. The van der Waals surface area contributed by atoms with Gasteiger partial charge in [-0.25, -0.2) is 9.78 Å². The smallest absolute Gasteiger partial charge is 0.335 e. The summed E-state index contributed by atoms with van der Waals surface area (Å²) in [5, 5.41) is 14.0. The van der Waals surface area contributed by atoms with Gasteiger partial charge >= 0.3 is 5.97 Å². The maximum atomic E-state index is 13.2. The van der Waals surface area contributed by atoms with Gasteiger partial charge in [0.05, 0.1) is 33.8 Å². The van der Waals surface area contributed by atoms with Crippen molar-refractivity contribution in [2.45, 2.75) is 26.9 Å². The van der Waals surface area contributed by atoms with Gasteiger partial charge in [0.15, 0.2) is 11.5 Å². The van der Waals surface area contributed by atoms with Gasteiger partial charge in [0.2, 0.25) is 0 Å². The Morgan fingerprint density at radius 3 is 2.51 bits per heavy atom. The summed E-state index contributed by atoms with van der Waals surface area (Å²) in [5.41, 5.74) is 2.08. The summed E-state index contributed by atoms with van der Waals surface area (Å²) < 4.78 is 14.6. The van der Waals surface area contributed by atoms with E-state index in [0.717, 1.165) is 10.0 Å². The molecule has 37 heavy (non-hydrogen) atoms. The first-order chi connectivity index (χ1) is 17.8. The normalized spacial score (nSPS) is 11.2. The molecule has 0 spiro atoms. The SMILES string of the molecule is CCOc1cc(C=Nn2c(CC)nc3ccc(Br)cc3c2=O)cc(Br)c1OCc1ccc(C(=O)O)cc1. The molecule has 0 unspecified atom stereocenters. The Morgan fingerprint density at radius 2 is 1.84 bits per heavy atom. The minimum Gasteiger partial charge on any atom is -0.490 e. The maximum absolute atomic E-state index is 13.2. The average molecular weight is 629 g/mol. The van der Waals surface area contributed by atoms with E-state index in [-0.39, 0.29) is 17.7 Å². The number of halogens is 2. The summed E-state index contributed by atoms with van der Waals surface area (Å²) >= 11 is 6.96. The number of fused-ring (bicyclic) bond motifs is 1. The zero-order valence-electron chi connectivity index (χ0n) is 20.1. The Morgan fingerprint density at radius 1 is 1.08 bits per heavy atom. The number of carboxylic acid groups (broad SMARTS) is 1. The lowest BCUT2D eigenvalue weighted by atomic mass is 10.1. The van der Waals surface area contributed by atoms with Crippen LogP contribution in [0.4, 0.5) is 0 Å². The van der Waals surface area contributed by atoms with Crippen molar-refractivity contribution in [3.8, 4) is 11.5 Å². The Hall–Kier alpha value is -3.50. The topological polar surface area (TPSA) is 103 Å². The molecule has 0 aliphatic rings. The third kappa shape index (κ3) is 6.08. The van der Waals surface area contributed by atoms with Gasteiger partial charge in [0.1, 0.15) is 12.4 Å². The highest BCUT2D eigenvalue weighted by Crippen LogP contribution is 2.37. The number of aromatic nitrogens is 2. The van der Waals surface area contributed by atoms with Gasteiger partial charge in [-0.15, -0.1) is 0 Å². The minimum atomic E-state index is -0.980. The number of nitrogens with zero attached hydrogens (tertiary/aromatic N) is 3. The van der Waals surface area contributed by atoms with Crippen molar-refractivity contribution in [3.63, 3.8) is 0 Å². The lowest BCUT2D eigenvalue weighted by molar-refractivity contribution is 0.0697. The number of aryl methyl sites for hydroxylation is 1. The Labute approximate surface area is 229 Å². The predicted molar refractivity (Wildman–Crippen MR) is 149 cm³/mol. The molecule has 0 radical (unpaired) electrons. The fourth-order valence-corrected chi connectivity index (χ4v) is 4.57. The molecule has 190 valence electrons. The predicted octanol–water partition coefficient (Wildman–Crippen LogP) is 6.04. The first-order valence-corrected chi connectivity index (χ1v) is 13.1. The molecule has 3 aromatic carbocycles. The molecule has 4 aromatic rings. The van der Waals surface area contributed by atoms with Crippen LogP contribution in [-0.4, -0.2) is 33.6 Å². The zero-order chi connectivity index (χ0) is 26.5. The van der Waals surface area contributed by atoms with Crippen molar-refractivity contribution in [2.75, 3.05) is 6.61 Å². The van der Waals surface area contributed by atoms with Crippen LogP contribution in [0.3, 0.4) is 0 Å². The van der Waals surface area contributed by atoms with Crippen LogP contribution >= 0.6 is 31.9 Å². The summed E-state index contributed by atoms with van der Waals surface area (Å²) in [6, 6.07) is 15.5. The van der Waals surface area contributed by atoms with Crippen LogP contribution in [0.5, 0.6) is 11.5 Å². The maximum Gasteiger partial charge on any atom is 0.335 e. The van der Waals surface area contributed by atoms with Crippen molar-refractivity contribution in [1.82, 2.24) is 9.66 Å². The second-order valence-corrected chi connectivity index (χ2v) is 9.73. The third-order valence-electron chi connectivity index (χ3n) is 5.43. The van der Waals surface area contributed by atoms with Crippen molar-refractivity contribution in [1.29, 1.82) is 0 Å². The van der Waals surface area contributed by atoms with E-state index in [1.54, 1.807) is 36.5 Å². The van der Waals surface area contributed by atoms with E-state index < -0.39 is 5.97 Å². The number of rotatable bonds is 9. The summed E-state index contributed by atoms with van der Waals surface area (Å²) in [7, 11) is 0. The highest BCUT2D eigenvalue weighted by Gasteiger charge is 2.14. The first kappa shape index (κ1) is 26.6. The van der Waals surface area contributed by atoms with Crippen molar-refractivity contribution in [3.05, 3.63) is 96.4 Å². The molecule has 8 nitrogen and oxygen atoms in total. The highest BCUT2D eigenvalue weighted by molar-refractivity contribution is 9.10. The molecule has 0 aliphatic heterocycles. The molecular formula is C27H23Br2N3O5. The van der Waals surface area contributed by atoms with Crippen LogP contribution in [0, 0.1) is 0 Å². The molecule has 1 aromatic heterocycles. The van der Waals surface area contributed by atoms with Crippen LogP contribution in [-0.2, 0) is 13.0 Å². The van der Waals surface area contributed by atoms with Crippen LogP contribution in [0.1, 0.15) is 41.2 Å². The van der Waals surface area contributed by atoms with Gasteiger partial charge in [-0.1, -0.05) is 35.0 Å². The quantitative estimate of drug-likeness (QED) is 0.227. The summed E-state index contributed by atoms with van der Waals surface area (Å²) in [6.45, 7) is 4.43. The molecule has 0 bridgehead atoms. The fraction of sp³-hybridized carbons (Fsp3) is 0.185. The summed E-state index contributed by atoms with van der Waals surface area (Å²) in [5.74, 6) is 0.579. The summed E-state index contributed by atoms with van der Waals surface area (Å²) in [6.07, 6.45) is 2.11. The molecule has 0 saturated carbocycles. The van der Waals surface area contributed by atoms with E-state index >= 15 is 0 Å². The third-order valence-corrected chi connectivity index (χ3v) is 6.51. The minimum absolute atomic E-state index is 0.211. The van der Waals surface area contributed by atoms with Gasteiger partial charge in [0.25, 0.3) is 5.56 Å². The molecule has 0 aliphatic carbocycles.